The smallest absolute Gasteiger partial charge is 0.259 e. The molecule has 0 bridgehead atoms. The average molecular weight is 333 g/mol. The van der Waals surface area contributed by atoms with Crippen LogP contribution in [0.4, 0.5) is 11.4 Å². The van der Waals surface area contributed by atoms with Gasteiger partial charge in [0.25, 0.3) is 5.91 Å². The van der Waals surface area contributed by atoms with Crippen LogP contribution in [-0.2, 0) is 0 Å². The van der Waals surface area contributed by atoms with Crippen molar-refractivity contribution in [2.45, 2.75) is 13.0 Å². The third-order valence-corrected chi connectivity index (χ3v) is 3.90. The van der Waals surface area contributed by atoms with Crippen LogP contribution in [-0.4, -0.2) is 29.5 Å². The van der Waals surface area contributed by atoms with Crippen molar-refractivity contribution >= 4 is 28.9 Å². The number of halogens is 1. The lowest BCUT2D eigenvalue weighted by atomic mass is 10.1. The topological polar surface area (TPSA) is 70.6 Å². The van der Waals surface area contributed by atoms with Crippen LogP contribution in [0.5, 0.6) is 11.5 Å². The minimum absolute atomic E-state index is 0.149. The van der Waals surface area contributed by atoms with E-state index in [4.69, 9.17) is 16.3 Å². The van der Waals surface area contributed by atoms with E-state index in [0.29, 0.717) is 35.0 Å². The monoisotopic (exact) mass is 332 g/mol. The fourth-order valence-corrected chi connectivity index (χ4v) is 2.44. The van der Waals surface area contributed by atoms with E-state index in [2.05, 4.69) is 10.6 Å². The number of anilines is 2. The maximum absolute atomic E-state index is 12.4. The lowest BCUT2D eigenvalue weighted by molar-refractivity contribution is 0.102. The maximum atomic E-state index is 12.4. The number of ether oxygens (including phenoxy) is 1. The molecule has 1 amide bonds. The van der Waals surface area contributed by atoms with Gasteiger partial charge < -0.3 is 20.5 Å². The summed E-state index contributed by atoms with van der Waals surface area (Å²) in [4.78, 5) is 12.4. The summed E-state index contributed by atoms with van der Waals surface area (Å²) < 4.78 is 5.85. The van der Waals surface area contributed by atoms with Crippen LogP contribution in [0, 0.1) is 6.92 Å². The lowest BCUT2D eigenvalue weighted by Gasteiger charge is -2.12. The third kappa shape index (κ3) is 3.41. The number of hydrogen-bond acceptors (Lipinski definition) is 4. The Balaban J connectivity index is 1.88. The molecule has 0 spiro atoms. The standard InChI is InChI=1S/C17H17ClN2O3/c1-10-2-4-16-14(6-10)20-17(22)13-7-11(3-5-15(13)23-16)19-9-12(21)8-18/h2-7,12,19,21H,8-9H2,1H3,(H,20,22). The zero-order valence-electron chi connectivity index (χ0n) is 12.6. The maximum Gasteiger partial charge on any atom is 0.259 e. The number of aryl methyl sites for hydroxylation is 1. The molecule has 0 radical (unpaired) electrons. The molecule has 0 saturated carbocycles. The molecular formula is C17H17ClN2O3. The van der Waals surface area contributed by atoms with Crippen LogP contribution >= 0.6 is 11.6 Å². The number of aliphatic hydroxyl groups is 1. The van der Waals surface area contributed by atoms with Gasteiger partial charge in [-0.1, -0.05) is 6.07 Å². The molecule has 0 aliphatic carbocycles. The van der Waals surface area contributed by atoms with Crippen molar-refractivity contribution in [2.24, 2.45) is 0 Å². The van der Waals surface area contributed by atoms with Gasteiger partial charge in [0.15, 0.2) is 5.75 Å². The van der Waals surface area contributed by atoms with Gasteiger partial charge in [-0.3, -0.25) is 4.79 Å². The molecule has 120 valence electrons. The molecule has 2 aromatic rings. The quantitative estimate of drug-likeness (QED) is 0.751. The van der Waals surface area contributed by atoms with Crippen LogP contribution in [0.25, 0.3) is 0 Å². The highest BCUT2D eigenvalue weighted by atomic mass is 35.5. The second-order valence-electron chi connectivity index (χ2n) is 5.46. The van der Waals surface area contributed by atoms with E-state index < -0.39 is 6.10 Å². The number of hydrogen-bond donors (Lipinski definition) is 3. The number of carbonyl (C=O) groups excluding carboxylic acids is 1. The van der Waals surface area contributed by atoms with Gasteiger partial charge in [0.05, 0.1) is 23.2 Å². The molecule has 0 aromatic heterocycles. The van der Waals surface area contributed by atoms with Gasteiger partial charge in [-0.05, 0) is 42.8 Å². The molecule has 3 N–H and O–H groups in total. The molecule has 1 atom stereocenters. The Bertz CT molecular complexity index is 749. The van der Waals surface area contributed by atoms with Gasteiger partial charge in [0.2, 0.25) is 0 Å². The van der Waals surface area contributed by atoms with E-state index in [1.807, 2.05) is 25.1 Å². The van der Waals surface area contributed by atoms with Gasteiger partial charge in [0, 0.05) is 12.2 Å². The predicted octanol–water partition coefficient (Wildman–Crippen LogP) is 3.36. The Morgan fingerprint density at radius 2 is 2.04 bits per heavy atom. The summed E-state index contributed by atoms with van der Waals surface area (Å²) in [7, 11) is 0. The zero-order chi connectivity index (χ0) is 16.4. The normalized spacial score (nSPS) is 14.0. The molecule has 2 aromatic carbocycles. The summed E-state index contributed by atoms with van der Waals surface area (Å²) in [5.41, 5.74) is 2.84. The van der Waals surface area contributed by atoms with Crippen LogP contribution in [0.15, 0.2) is 36.4 Å². The summed E-state index contributed by atoms with van der Waals surface area (Å²) in [6, 6.07) is 10.9. The molecule has 0 fully saturated rings. The van der Waals surface area contributed by atoms with Crippen molar-refractivity contribution in [2.75, 3.05) is 23.1 Å². The summed E-state index contributed by atoms with van der Waals surface area (Å²) in [5, 5.41) is 15.4. The molecule has 6 heteroatoms. The Morgan fingerprint density at radius 3 is 2.83 bits per heavy atom. The van der Waals surface area contributed by atoms with Crippen molar-refractivity contribution < 1.29 is 14.6 Å². The second kappa shape index (κ2) is 6.48. The fraction of sp³-hybridized carbons (Fsp3) is 0.235. The van der Waals surface area contributed by atoms with E-state index in [0.717, 1.165) is 5.56 Å². The number of rotatable bonds is 4. The summed E-state index contributed by atoms with van der Waals surface area (Å²) >= 11 is 5.57. The molecule has 1 unspecified atom stereocenters. The highest BCUT2D eigenvalue weighted by Crippen LogP contribution is 2.37. The van der Waals surface area contributed by atoms with Crippen molar-refractivity contribution in [1.29, 1.82) is 0 Å². The fourth-order valence-electron chi connectivity index (χ4n) is 2.34. The molecule has 23 heavy (non-hydrogen) atoms. The molecular weight excluding hydrogens is 316 g/mol. The van der Waals surface area contributed by atoms with Gasteiger partial charge in [-0.15, -0.1) is 11.6 Å². The largest absolute Gasteiger partial charge is 0.454 e. The van der Waals surface area contributed by atoms with Gasteiger partial charge in [-0.2, -0.15) is 0 Å². The lowest BCUT2D eigenvalue weighted by Crippen LogP contribution is -2.21. The van der Waals surface area contributed by atoms with Crippen LogP contribution < -0.4 is 15.4 Å². The minimum atomic E-state index is -0.646. The molecule has 5 nitrogen and oxygen atoms in total. The van der Waals surface area contributed by atoms with Crippen LogP contribution in [0.3, 0.4) is 0 Å². The predicted molar refractivity (Wildman–Crippen MR) is 90.9 cm³/mol. The first-order chi connectivity index (χ1) is 11.1. The highest BCUT2D eigenvalue weighted by Gasteiger charge is 2.21. The van der Waals surface area contributed by atoms with Crippen LogP contribution in [0.1, 0.15) is 15.9 Å². The number of benzene rings is 2. The molecule has 1 aliphatic heterocycles. The summed E-state index contributed by atoms with van der Waals surface area (Å²) in [6.07, 6.45) is -0.646. The van der Waals surface area contributed by atoms with Crippen molar-refractivity contribution in [3.63, 3.8) is 0 Å². The number of fused-ring (bicyclic) bond motifs is 2. The summed E-state index contributed by atoms with van der Waals surface area (Å²) in [5.74, 6) is 1.02. The van der Waals surface area contributed by atoms with Crippen molar-refractivity contribution in [3.05, 3.63) is 47.5 Å². The van der Waals surface area contributed by atoms with Gasteiger partial charge >= 0.3 is 0 Å². The number of alkyl halides is 1. The first-order valence-corrected chi connectivity index (χ1v) is 7.82. The Labute approximate surface area is 139 Å². The Morgan fingerprint density at radius 1 is 1.26 bits per heavy atom. The Kier molecular flexibility index (Phi) is 4.41. The van der Waals surface area contributed by atoms with Crippen molar-refractivity contribution in [1.82, 2.24) is 0 Å². The number of amides is 1. The molecule has 0 saturated heterocycles. The van der Waals surface area contributed by atoms with E-state index in [1.165, 1.54) is 0 Å². The average Bonchev–Trinajstić information content (AvgIpc) is 2.68. The van der Waals surface area contributed by atoms with Crippen LogP contribution in [0.2, 0.25) is 0 Å². The number of nitrogens with one attached hydrogen (secondary N) is 2. The highest BCUT2D eigenvalue weighted by molar-refractivity contribution is 6.18. The zero-order valence-corrected chi connectivity index (χ0v) is 13.4. The molecule has 1 heterocycles. The molecule has 3 rings (SSSR count). The second-order valence-corrected chi connectivity index (χ2v) is 5.76. The summed E-state index contributed by atoms with van der Waals surface area (Å²) in [6.45, 7) is 2.26. The van der Waals surface area contributed by atoms with Gasteiger partial charge in [-0.25, -0.2) is 0 Å². The van der Waals surface area contributed by atoms with E-state index in [9.17, 15) is 9.90 Å². The first kappa shape index (κ1) is 15.6. The van der Waals surface area contributed by atoms with Gasteiger partial charge in [0.1, 0.15) is 5.75 Å². The van der Waals surface area contributed by atoms with E-state index >= 15 is 0 Å². The number of carbonyl (C=O) groups is 1. The van der Waals surface area contributed by atoms with E-state index in [1.54, 1.807) is 18.2 Å². The minimum Gasteiger partial charge on any atom is -0.454 e. The van der Waals surface area contributed by atoms with Crippen molar-refractivity contribution in [3.8, 4) is 11.5 Å². The van der Waals surface area contributed by atoms with E-state index in [-0.39, 0.29) is 11.8 Å². The SMILES string of the molecule is Cc1ccc2c(c1)NC(=O)c1cc(NCC(O)CCl)ccc1O2. The number of aliphatic hydroxyl groups excluding tert-OH is 1. The first-order valence-electron chi connectivity index (χ1n) is 7.28. The third-order valence-electron chi connectivity index (χ3n) is 3.55. The molecule has 1 aliphatic rings. The Hall–Kier alpha value is -2.24.